The van der Waals surface area contributed by atoms with Gasteiger partial charge in [-0.3, -0.25) is 9.59 Å². The fourth-order valence-electron chi connectivity index (χ4n) is 1.90. The number of hydrogen-bond donors (Lipinski definition) is 3. The van der Waals surface area contributed by atoms with Crippen LogP contribution in [0.15, 0.2) is 0 Å². The van der Waals surface area contributed by atoms with Crippen molar-refractivity contribution in [3.05, 3.63) is 0 Å². The van der Waals surface area contributed by atoms with E-state index in [-0.39, 0.29) is 24.0 Å². The summed E-state index contributed by atoms with van der Waals surface area (Å²) in [6.45, 7) is 4.34. The Kier molecular flexibility index (Phi) is 4.89. The van der Waals surface area contributed by atoms with Crippen molar-refractivity contribution in [2.45, 2.75) is 38.5 Å². The number of rotatable bonds is 5. The Bertz CT molecular complexity index is 294. The predicted octanol–water partition coefficient (Wildman–Crippen LogP) is -1.01. The van der Waals surface area contributed by atoms with E-state index in [1.165, 1.54) is 0 Å². The molecule has 0 spiro atoms. The van der Waals surface area contributed by atoms with Crippen LogP contribution >= 0.6 is 0 Å². The van der Waals surface area contributed by atoms with Crippen molar-refractivity contribution >= 4 is 11.8 Å². The van der Waals surface area contributed by atoms with Crippen LogP contribution in [0.4, 0.5) is 0 Å². The van der Waals surface area contributed by atoms with Gasteiger partial charge in [0.1, 0.15) is 6.04 Å². The monoisotopic (exact) mass is 243 g/mol. The molecule has 1 aliphatic heterocycles. The van der Waals surface area contributed by atoms with E-state index in [4.69, 9.17) is 10.5 Å². The van der Waals surface area contributed by atoms with Crippen LogP contribution in [0, 0.1) is 5.92 Å². The maximum absolute atomic E-state index is 11.9. The molecule has 1 fully saturated rings. The molecule has 17 heavy (non-hydrogen) atoms. The highest BCUT2D eigenvalue weighted by molar-refractivity contribution is 5.89. The lowest BCUT2D eigenvalue weighted by atomic mass is 10.0. The molecule has 6 nitrogen and oxygen atoms in total. The Hall–Kier alpha value is -1.14. The molecule has 1 heterocycles. The number of carbonyl (C=O) groups excluding carboxylic acids is 2. The van der Waals surface area contributed by atoms with Crippen LogP contribution in [0.25, 0.3) is 0 Å². The lowest BCUT2D eigenvalue weighted by Gasteiger charge is -2.21. The molecule has 3 atom stereocenters. The zero-order valence-electron chi connectivity index (χ0n) is 10.5. The van der Waals surface area contributed by atoms with E-state index < -0.39 is 11.9 Å². The standard InChI is InChI=1S/C11H21N3O3/c1-6(2)9(10(12)15)14-11(16)8-4-7(17-3)5-13-8/h6-9,13H,4-5H2,1-3H3,(H2,12,15)(H,14,16). The topological polar surface area (TPSA) is 93.4 Å². The van der Waals surface area contributed by atoms with Crippen LogP contribution in [0.5, 0.6) is 0 Å². The fraction of sp³-hybridized carbons (Fsp3) is 0.818. The summed E-state index contributed by atoms with van der Waals surface area (Å²) >= 11 is 0. The van der Waals surface area contributed by atoms with E-state index in [1.54, 1.807) is 7.11 Å². The molecular weight excluding hydrogens is 222 g/mol. The molecule has 0 radical (unpaired) electrons. The smallest absolute Gasteiger partial charge is 0.240 e. The van der Waals surface area contributed by atoms with Gasteiger partial charge in [0.15, 0.2) is 0 Å². The molecule has 1 saturated heterocycles. The Morgan fingerprint density at radius 2 is 2.12 bits per heavy atom. The first-order valence-electron chi connectivity index (χ1n) is 5.81. The van der Waals surface area contributed by atoms with Gasteiger partial charge in [0, 0.05) is 13.7 Å². The Morgan fingerprint density at radius 3 is 2.53 bits per heavy atom. The van der Waals surface area contributed by atoms with Gasteiger partial charge >= 0.3 is 0 Å². The number of nitrogens with two attached hydrogens (primary N) is 1. The number of nitrogens with one attached hydrogen (secondary N) is 2. The first-order valence-corrected chi connectivity index (χ1v) is 5.81. The van der Waals surface area contributed by atoms with E-state index >= 15 is 0 Å². The second-order valence-corrected chi connectivity index (χ2v) is 4.69. The van der Waals surface area contributed by atoms with Gasteiger partial charge in [0.05, 0.1) is 12.1 Å². The van der Waals surface area contributed by atoms with Crippen LogP contribution in [-0.2, 0) is 14.3 Å². The van der Waals surface area contributed by atoms with Crippen molar-refractivity contribution in [2.75, 3.05) is 13.7 Å². The van der Waals surface area contributed by atoms with Gasteiger partial charge in [0.25, 0.3) is 0 Å². The first kappa shape index (κ1) is 13.9. The number of hydrogen-bond acceptors (Lipinski definition) is 4. The van der Waals surface area contributed by atoms with Gasteiger partial charge in [-0.15, -0.1) is 0 Å². The van der Waals surface area contributed by atoms with Gasteiger partial charge < -0.3 is 21.1 Å². The quantitative estimate of drug-likeness (QED) is 0.577. The molecule has 0 aromatic heterocycles. The normalized spacial score (nSPS) is 25.9. The highest BCUT2D eigenvalue weighted by Gasteiger charge is 2.32. The van der Waals surface area contributed by atoms with Crippen LogP contribution in [0.3, 0.4) is 0 Å². The Labute approximate surface area is 101 Å². The average Bonchev–Trinajstić information content (AvgIpc) is 2.73. The van der Waals surface area contributed by atoms with E-state index in [2.05, 4.69) is 10.6 Å². The summed E-state index contributed by atoms with van der Waals surface area (Å²) in [4.78, 5) is 23.1. The zero-order chi connectivity index (χ0) is 13.0. The van der Waals surface area contributed by atoms with Crippen LogP contribution < -0.4 is 16.4 Å². The molecular formula is C11H21N3O3. The summed E-state index contributed by atoms with van der Waals surface area (Å²) < 4.78 is 5.16. The largest absolute Gasteiger partial charge is 0.380 e. The van der Waals surface area contributed by atoms with Crippen molar-refractivity contribution in [1.82, 2.24) is 10.6 Å². The Morgan fingerprint density at radius 1 is 1.47 bits per heavy atom. The molecule has 1 rings (SSSR count). The van der Waals surface area contributed by atoms with Crippen LogP contribution in [0.1, 0.15) is 20.3 Å². The van der Waals surface area contributed by atoms with Crippen LogP contribution in [0.2, 0.25) is 0 Å². The third-order valence-corrected chi connectivity index (χ3v) is 3.01. The lowest BCUT2D eigenvalue weighted by molar-refractivity contribution is -0.129. The van der Waals surface area contributed by atoms with E-state index in [0.717, 1.165) is 0 Å². The molecule has 6 heteroatoms. The summed E-state index contributed by atoms with van der Waals surface area (Å²) in [5.74, 6) is -0.715. The number of amides is 2. The lowest BCUT2D eigenvalue weighted by Crippen LogP contribution is -2.52. The summed E-state index contributed by atoms with van der Waals surface area (Å²) in [6.07, 6.45) is 0.670. The summed E-state index contributed by atoms with van der Waals surface area (Å²) in [5.41, 5.74) is 5.24. The third kappa shape index (κ3) is 3.67. The Balaban J connectivity index is 2.51. The number of methoxy groups -OCH3 is 1. The maximum atomic E-state index is 11.9. The zero-order valence-corrected chi connectivity index (χ0v) is 10.5. The second-order valence-electron chi connectivity index (χ2n) is 4.69. The molecule has 0 bridgehead atoms. The minimum absolute atomic E-state index is 0.0175. The number of carbonyl (C=O) groups is 2. The summed E-state index contributed by atoms with van der Waals surface area (Å²) in [6, 6.07) is -0.925. The molecule has 98 valence electrons. The second kappa shape index (κ2) is 5.97. The first-order chi connectivity index (χ1) is 7.95. The minimum atomic E-state index is -0.620. The van der Waals surface area contributed by atoms with E-state index in [0.29, 0.717) is 13.0 Å². The molecule has 0 saturated carbocycles. The number of primary amides is 1. The van der Waals surface area contributed by atoms with Gasteiger partial charge in [0.2, 0.25) is 11.8 Å². The summed E-state index contributed by atoms with van der Waals surface area (Å²) in [7, 11) is 1.62. The summed E-state index contributed by atoms with van der Waals surface area (Å²) in [5, 5.41) is 5.72. The van der Waals surface area contributed by atoms with Gasteiger partial charge in [-0.1, -0.05) is 13.8 Å². The number of ether oxygens (including phenoxy) is 1. The van der Waals surface area contributed by atoms with E-state index in [1.807, 2.05) is 13.8 Å². The molecule has 1 aliphatic rings. The molecule has 3 unspecified atom stereocenters. The van der Waals surface area contributed by atoms with Crippen molar-refractivity contribution in [3.63, 3.8) is 0 Å². The van der Waals surface area contributed by atoms with Gasteiger partial charge in [-0.25, -0.2) is 0 Å². The van der Waals surface area contributed by atoms with Crippen molar-refractivity contribution < 1.29 is 14.3 Å². The molecule has 0 aromatic rings. The molecule has 4 N–H and O–H groups in total. The predicted molar refractivity (Wildman–Crippen MR) is 63.2 cm³/mol. The van der Waals surface area contributed by atoms with Gasteiger partial charge in [-0.05, 0) is 12.3 Å². The van der Waals surface area contributed by atoms with Gasteiger partial charge in [-0.2, -0.15) is 0 Å². The molecule has 0 aliphatic carbocycles. The minimum Gasteiger partial charge on any atom is -0.380 e. The maximum Gasteiger partial charge on any atom is 0.240 e. The molecule has 2 amide bonds. The highest BCUT2D eigenvalue weighted by atomic mass is 16.5. The van der Waals surface area contributed by atoms with Crippen molar-refractivity contribution in [3.8, 4) is 0 Å². The molecule has 0 aromatic carbocycles. The third-order valence-electron chi connectivity index (χ3n) is 3.01. The average molecular weight is 243 g/mol. The van der Waals surface area contributed by atoms with Crippen molar-refractivity contribution in [1.29, 1.82) is 0 Å². The van der Waals surface area contributed by atoms with Crippen LogP contribution in [-0.4, -0.2) is 43.7 Å². The fourth-order valence-corrected chi connectivity index (χ4v) is 1.90. The SMILES string of the molecule is COC1CNC(C(=O)NC(C(N)=O)C(C)C)C1. The highest BCUT2D eigenvalue weighted by Crippen LogP contribution is 2.10. The van der Waals surface area contributed by atoms with Crippen molar-refractivity contribution in [2.24, 2.45) is 11.7 Å². The van der Waals surface area contributed by atoms with E-state index in [9.17, 15) is 9.59 Å².